The normalized spacial score (nSPS) is 24.3. The third-order valence-corrected chi connectivity index (χ3v) is 16.5. The summed E-state index contributed by atoms with van der Waals surface area (Å²) in [6.45, 7) is 4.76. The Balaban J connectivity index is 1.06. The summed E-state index contributed by atoms with van der Waals surface area (Å²) in [7, 11) is 0. The second-order valence-electron chi connectivity index (χ2n) is 18.5. The van der Waals surface area contributed by atoms with Gasteiger partial charge in [0.1, 0.15) is 11.5 Å². The van der Waals surface area contributed by atoms with Gasteiger partial charge in [-0.3, -0.25) is 0 Å². The number of para-hydroxylation sites is 2. The van der Waals surface area contributed by atoms with E-state index in [0.29, 0.717) is 11.8 Å². The molecule has 4 fully saturated rings. The van der Waals surface area contributed by atoms with Crippen molar-refractivity contribution in [3.63, 3.8) is 0 Å². The maximum Gasteiger partial charge on any atom is 0.142 e. The lowest BCUT2D eigenvalue weighted by Crippen LogP contribution is -2.55. The molecule has 4 bridgehead atoms. The quantitative estimate of drug-likeness (QED) is 0.177. The summed E-state index contributed by atoms with van der Waals surface area (Å²) in [5.74, 6) is 5.06. The van der Waals surface area contributed by atoms with Crippen LogP contribution in [0.3, 0.4) is 0 Å². The number of hydrogen-bond donors (Lipinski definition) is 0. The Morgan fingerprint density at radius 3 is 1.95 bits per heavy atom. The summed E-state index contributed by atoms with van der Waals surface area (Å²) in [6.07, 6.45) is 6.95. The standard InChI is InChI=1S/C55H45NOS/c1-54(2)44-16-8-6-14-40(44)42-23-21-39(32-46(42)54)56(38-12-4-3-5-13-38)48-24-25-50-53(58-51-19-11-10-18-49(51)57-50)52(48)35-20-22-43-41-15-7-9-17-45(41)55(47(43)31-35)36-27-33-26-34(29-36)30-37(55)28-33/h3-25,31-34,36-37H,26-30H2,1-2H3. The highest BCUT2D eigenvalue weighted by Gasteiger charge is 2.61. The molecule has 0 radical (unpaired) electrons. The average Bonchev–Trinajstić information content (AvgIpc) is 3.67. The van der Waals surface area contributed by atoms with Gasteiger partial charge in [0.15, 0.2) is 0 Å². The van der Waals surface area contributed by atoms with Gasteiger partial charge in [0.25, 0.3) is 0 Å². The Kier molecular flexibility index (Phi) is 6.94. The Bertz CT molecular complexity index is 2820. The van der Waals surface area contributed by atoms with Gasteiger partial charge >= 0.3 is 0 Å². The molecule has 7 aliphatic rings. The molecule has 0 unspecified atom stereocenters. The molecule has 282 valence electrons. The molecule has 14 rings (SSSR count). The fourth-order valence-corrected chi connectivity index (χ4v) is 14.3. The minimum atomic E-state index is -0.113. The highest BCUT2D eigenvalue weighted by molar-refractivity contribution is 7.99. The van der Waals surface area contributed by atoms with Crippen LogP contribution >= 0.6 is 11.8 Å². The summed E-state index contributed by atoms with van der Waals surface area (Å²) in [5, 5.41) is 0. The summed E-state index contributed by atoms with van der Waals surface area (Å²) >= 11 is 1.86. The lowest BCUT2D eigenvalue weighted by molar-refractivity contribution is -0.0399. The van der Waals surface area contributed by atoms with E-state index in [1.807, 2.05) is 11.8 Å². The van der Waals surface area contributed by atoms with Crippen LogP contribution in [0.2, 0.25) is 0 Å². The lowest BCUT2D eigenvalue weighted by Gasteiger charge is -2.61. The van der Waals surface area contributed by atoms with Crippen LogP contribution < -0.4 is 9.64 Å². The Hall–Kier alpha value is -5.51. The van der Waals surface area contributed by atoms with Gasteiger partial charge in [0.2, 0.25) is 0 Å². The maximum absolute atomic E-state index is 6.80. The zero-order valence-corrected chi connectivity index (χ0v) is 33.9. The van der Waals surface area contributed by atoms with Crippen molar-refractivity contribution < 1.29 is 4.74 Å². The molecule has 58 heavy (non-hydrogen) atoms. The number of benzene rings is 7. The summed E-state index contributed by atoms with van der Waals surface area (Å²) < 4.78 is 6.80. The Morgan fingerprint density at radius 2 is 1.16 bits per heavy atom. The van der Waals surface area contributed by atoms with E-state index in [2.05, 4.69) is 170 Å². The van der Waals surface area contributed by atoms with E-state index < -0.39 is 0 Å². The molecule has 4 saturated carbocycles. The van der Waals surface area contributed by atoms with Crippen LogP contribution in [0.25, 0.3) is 33.4 Å². The molecule has 0 amide bonds. The molecule has 0 aromatic heterocycles. The van der Waals surface area contributed by atoms with Crippen molar-refractivity contribution >= 4 is 28.8 Å². The molecule has 3 heteroatoms. The second-order valence-corrected chi connectivity index (χ2v) is 19.5. The van der Waals surface area contributed by atoms with Crippen molar-refractivity contribution in [1.82, 2.24) is 0 Å². The van der Waals surface area contributed by atoms with Gasteiger partial charge in [0, 0.05) is 27.8 Å². The largest absolute Gasteiger partial charge is 0.455 e. The minimum Gasteiger partial charge on any atom is -0.455 e. The van der Waals surface area contributed by atoms with Crippen LogP contribution in [-0.2, 0) is 10.8 Å². The first kappa shape index (κ1) is 33.5. The molecule has 0 N–H and O–H groups in total. The van der Waals surface area contributed by atoms with Crippen molar-refractivity contribution in [2.75, 3.05) is 4.90 Å². The topological polar surface area (TPSA) is 12.5 Å². The van der Waals surface area contributed by atoms with Gasteiger partial charge in [-0.25, -0.2) is 0 Å². The highest BCUT2D eigenvalue weighted by atomic mass is 32.2. The monoisotopic (exact) mass is 767 g/mol. The van der Waals surface area contributed by atoms with Gasteiger partial charge in [-0.05, 0) is 160 Å². The van der Waals surface area contributed by atoms with Crippen molar-refractivity contribution in [1.29, 1.82) is 0 Å². The van der Waals surface area contributed by atoms with E-state index in [0.717, 1.165) is 33.9 Å². The molecule has 0 saturated heterocycles. The number of fused-ring (bicyclic) bond motifs is 8. The molecule has 1 spiro atoms. The number of anilines is 3. The van der Waals surface area contributed by atoms with Crippen LogP contribution in [0.4, 0.5) is 17.1 Å². The molecule has 7 aromatic carbocycles. The zero-order chi connectivity index (χ0) is 38.3. The Labute approximate surface area is 345 Å². The first-order valence-electron chi connectivity index (χ1n) is 21.4. The van der Waals surface area contributed by atoms with Gasteiger partial charge in [-0.15, -0.1) is 0 Å². The SMILES string of the molecule is CC1(C)c2ccccc2-c2ccc(N(c3ccccc3)c3ccc4c(c3-c3ccc5c(c3)C3(c6ccccc6-5)C5CC6CC(C5)CC3C6)Sc3ccccc3O4)cc21. The summed E-state index contributed by atoms with van der Waals surface area (Å²) in [5.41, 5.74) is 17.5. The van der Waals surface area contributed by atoms with E-state index >= 15 is 0 Å². The van der Waals surface area contributed by atoms with Gasteiger partial charge in [0.05, 0.1) is 15.5 Å². The van der Waals surface area contributed by atoms with Crippen LogP contribution in [0, 0.1) is 23.7 Å². The van der Waals surface area contributed by atoms with Gasteiger partial charge in [-0.1, -0.05) is 123 Å². The minimum absolute atomic E-state index is 0.0836. The van der Waals surface area contributed by atoms with Crippen molar-refractivity contribution in [3.05, 3.63) is 174 Å². The smallest absolute Gasteiger partial charge is 0.142 e. The van der Waals surface area contributed by atoms with Crippen molar-refractivity contribution in [2.45, 2.75) is 66.6 Å². The highest BCUT2D eigenvalue weighted by Crippen LogP contribution is 2.70. The second kappa shape index (κ2) is 12.0. The molecule has 1 heterocycles. The summed E-state index contributed by atoms with van der Waals surface area (Å²) in [6, 6.07) is 57.2. The molecule has 1 aliphatic heterocycles. The maximum atomic E-state index is 6.80. The predicted molar refractivity (Wildman–Crippen MR) is 238 cm³/mol. The van der Waals surface area contributed by atoms with E-state index in [4.69, 9.17) is 4.74 Å². The van der Waals surface area contributed by atoms with E-state index in [9.17, 15) is 0 Å². The molecule has 6 aliphatic carbocycles. The first-order chi connectivity index (χ1) is 28.5. The van der Waals surface area contributed by atoms with E-state index in [1.165, 1.54) is 92.9 Å². The fourth-order valence-electron chi connectivity index (χ4n) is 13.2. The Morgan fingerprint density at radius 1 is 0.517 bits per heavy atom. The third-order valence-electron chi connectivity index (χ3n) is 15.3. The molecule has 0 atom stereocenters. The molecule has 7 aromatic rings. The van der Waals surface area contributed by atoms with Gasteiger partial charge < -0.3 is 9.64 Å². The number of ether oxygens (including phenoxy) is 1. The third kappa shape index (κ3) is 4.46. The number of rotatable bonds is 4. The number of hydrogen-bond acceptors (Lipinski definition) is 3. The van der Waals surface area contributed by atoms with Crippen molar-refractivity contribution in [2.24, 2.45) is 23.7 Å². The number of nitrogens with zero attached hydrogens (tertiary/aromatic N) is 1. The van der Waals surface area contributed by atoms with E-state index in [-0.39, 0.29) is 10.8 Å². The first-order valence-corrected chi connectivity index (χ1v) is 22.2. The van der Waals surface area contributed by atoms with E-state index in [1.54, 1.807) is 11.1 Å². The van der Waals surface area contributed by atoms with Crippen LogP contribution in [0.15, 0.2) is 161 Å². The predicted octanol–water partition coefficient (Wildman–Crippen LogP) is 15.1. The summed E-state index contributed by atoms with van der Waals surface area (Å²) in [4.78, 5) is 4.85. The van der Waals surface area contributed by atoms with Crippen LogP contribution in [0.1, 0.15) is 68.2 Å². The molecular formula is C55H45NOS. The molecular weight excluding hydrogens is 723 g/mol. The lowest BCUT2D eigenvalue weighted by atomic mass is 9.43. The fraction of sp³-hybridized carbons (Fsp3) is 0.236. The molecule has 2 nitrogen and oxygen atoms in total. The van der Waals surface area contributed by atoms with Crippen LogP contribution in [-0.4, -0.2) is 0 Å². The van der Waals surface area contributed by atoms with Crippen molar-refractivity contribution in [3.8, 4) is 44.9 Å². The van der Waals surface area contributed by atoms with Crippen LogP contribution in [0.5, 0.6) is 11.5 Å². The van der Waals surface area contributed by atoms with Gasteiger partial charge in [-0.2, -0.15) is 0 Å². The zero-order valence-electron chi connectivity index (χ0n) is 33.0. The average molecular weight is 768 g/mol.